The third kappa shape index (κ3) is 2.83. The van der Waals surface area contributed by atoms with Gasteiger partial charge in [-0.3, -0.25) is 4.40 Å². The predicted molar refractivity (Wildman–Crippen MR) is 83.5 cm³/mol. The van der Waals surface area contributed by atoms with Crippen LogP contribution in [0.4, 0.5) is 0 Å². The number of aromatic nitrogens is 2. The molecule has 3 rings (SSSR count). The lowest BCUT2D eigenvalue weighted by atomic mass is 9.95. The second-order valence-electron chi connectivity index (χ2n) is 5.52. The maximum atomic E-state index is 12.7. The van der Waals surface area contributed by atoms with Crippen LogP contribution < -0.4 is 4.72 Å². The molecule has 116 valence electrons. The summed E-state index contributed by atoms with van der Waals surface area (Å²) < 4.78 is 29.6. The first-order chi connectivity index (χ1) is 9.88. The third-order valence-electron chi connectivity index (χ3n) is 3.85. The van der Waals surface area contributed by atoms with E-state index in [9.17, 15) is 8.42 Å². The summed E-state index contributed by atoms with van der Waals surface area (Å²) in [5.74, 6) is 0.253. The molecule has 0 saturated carbocycles. The molecular weight excluding hydrogens is 332 g/mol. The van der Waals surface area contributed by atoms with Gasteiger partial charge in [0.05, 0.1) is 0 Å². The van der Waals surface area contributed by atoms with Gasteiger partial charge in [-0.05, 0) is 25.9 Å². The number of fused-ring (bicyclic) bond motifs is 1. The molecule has 1 N–H and O–H groups in total. The zero-order chi connectivity index (χ0) is 15.2. The first kappa shape index (κ1) is 15.2. The molecule has 0 radical (unpaired) electrons. The number of rotatable bonds is 3. The van der Waals surface area contributed by atoms with Crippen LogP contribution in [0.3, 0.4) is 0 Å². The molecule has 2 atom stereocenters. The number of nitrogens with one attached hydrogen (secondary N) is 1. The van der Waals surface area contributed by atoms with E-state index in [1.807, 2.05) is 7.05 Å². The van der Waals surface area contributed by atoms with Crippen LogP contribution in [0.15, 0.2) is 16.6 Å². The Balaban J connectivity index is 1.90. The predicted octanol–water partition coefficient (Wildman–Crippen LogP) is 1.67. The van der Waals surface area contributed by atoms with E-state index in [2.05, 4.69) is 21.5 Å². The molecule has 2 aromatic heterocycles. The Morgan fingerprint density at radius 3 is 3.00 bits per heavy atom. The minimum absolute atomic E-state index is 0.0231. The Hall–Kier alpha value is -0.670. The number of hydrogen-bond donors (Lipinski definition) is 1. The minimum atomic E-state index is -3.69. The topological polar surface area (TPSA) is 66.7 Å². The molecule has 0 amide bonds. The van der Waals surface area contributed by atoms with Gasteiger partial charge in [-0.1, -0.05) is 18.5 Å². The average molecular weight is 349 g/mol. The van der Waals surface area contributed by atoms with Gasteiger partial charge in [0.2, 0.25) is 0 Å². The van der Waals surface area contributed by atoms with Crippen molar-refractivity contribution in [2.75, 3.05) is 20.1 Å². The number of halogens is 1. The van der Waals surface area contributed by atoms with Crippen LogP contribution in [-0.2, 0) is 10.0 Å². The number of likely N-dealkylation sites (tertiary alicyclic amines) is 1. The van der Waals surface area contributed by atoms with Gasteiger partial charge in [0.25, 0.3) is 10.0 Å². The summed E-state index contributed by atoms with van der Waals surface area (Å²) in [6, 6.07) is -0.0774. The smallest absolute Gasteiger partial charge is 0.260 e. The molecule has 0 aromatic carbocycles. The summed E-state index contributed by atoms with van der Waals surface area (Å²) in [4.78, 5) is 6.87. The van der Waals surface area contributed by atoms with Crippen LogP contribution in [0.2, 0.25) is 5.15 Å². The van der Waals surface area contributed by atoms with E-state index in [1.54, 1.807) is 11.6 Å². The Kier molecular flexibility index (Phi) is 4.00. The molecule has 1 fully saturated rings. The first-order valence-corrected chi connectivity index (χ1v) is 9.44. The Morgan fingerprint density at radius 2 is 2.29 bits per heavy atom. The summed E-state index contributed by atoms with van der Waals surface area (Å²) >= 11 is 7.37. The standard InChI is InChI=1S/C12H17ClN4O2S2/c1-8-7-16(2)4-3-9(8)15-21(18,19)11-10(13)14-12-17(11)5-6-20-12/h5-6,8-9,15H,3-4,7H2,1-2H3. The van der Waals surface area contributed by atoms with E-state index < -0.39 is 10.0 Å². The highest BCUT2D eigenvalue weighted by Crippen LogP contribution is 2.26. The lowest BCUT2D eigenvalue weighted by Crippen LogP contribution is -2.48. The fraction of sp³-hybridized carbons (Fsp3) is 0.583. The molecule has 6 nitrogen and oxygen atoms in total. The largest absolute Gasteiger partial charge is 0.306 e. The van der Waals surface area contributed by atoms with Gasteiger partial charge in [0.15, 0.2) is 15.1 Å². The van der Waals surface area contributed by atoms with Gasteiger partial charge in [-0.15, -0.1) is 11.3 Å². The Bertz CT molecular complexity index is 754. The van der Waals surface area contributed by atoms with Gasteiger partial charge < -0.3 is 4.90 Å². The van der Waals surface area contributed by atoms with Crippen molar-refractivity contribution in [2.24, 2.45) is 5.92 Å². The van der Waals surface area contributed by atoms with Crippen molar-refractivity contribution in [3.05, 3.63) is 16.7 Å². The van der Waals surface area contributed by atoms with Gasteiger partial charge in [-0.25, -0.2) is 18.1 Å². The summed E-state index contributed by atoms with van der Waals surface area (Å²) in [6.07, 6.45) is 2.46. The molecule has 1 aliphatic rings. The SMILES string of the molecule is CC1CN(C)CCC1NS(=O)(=O)c1c(Cl)nc2sccn12. The molecule has 9 heteroatoms. The van der Waals surface area contributed by atoms with Crippen LogP contribution in [0.25, 0.3) is 4.96 Å². The molecule has 0 aliphatic carbocycles. The lowest BCUT2D eigenvalue weighted by Gasteiger charge is -2.34. The second-order valence-corrected chi connectivity index (χ2v) is 8.38. The molecule has 3 heterocycles. The van der Waals surface area contributed by atoms with E-state index in [-0.39, 0.29) is 22.1 Å². The number of sulfonamides is 1. The van der Waals surface area contributed by atoms with E-state index >= 15 is 0 Å². The van der Waals surface area contributed by atoms with Gasteiger partial charge in [-0.2, -0.15) is 0 Å². The monoisotopic (exact) mass is 348 g/mol. The molecule has 0 bridgehead atoms. The number of thiazole rings is 1. The molecule has 2 unspecified atom stereocenters. The number of hydrogen-bond acceptors (Lipinski definition) is 5. The van der Waals surface area contributed by atoms with Crippen molar-refractivity contribution in [3.63, 3.8) is 0 Å². The van der Waals surface area contributed by atoms with Crippen molar-refractivity contribution < 1.29 is 8.42 Å². The molecule has 2 aromatic rings. The van der Waals surface area contributed by atoms with Crippen LogP contribution in [0.5, 0.6) is 0 Å². The lowest BCUT2D eigenvalue weighted by molar-refractivity contribution is 0.188. The zero-order valence-corrected chi connectivity index (χ0v) is 14.2. The van der Waals surface area contributed by atoms with Crippen molar-refractivity contribution >= 4 is 37.9 Å². The van der Waals surface area contributed by atoms with Crippen LogP contribution in [0, 0.1) is 5.92 Å². The van der Waals surface area contributed by atoms with Gasteiger partial charge in [0.1, 0.15) is 0 Å². The molecule has 0 spiro atoms. The minimum Gasteiger partial charge on any atom is -0.306 e. The normalized spacial score (nSPS) is 24.7. The summed E-state index contributed by atoms with van der Waals surface area (Å²) in [5.41, 5.74) is 0. The van der Waals surface area contributed by atoms with Crippen molar-refractivity contribution in [1.29, 1.82) is 0 Å². The fourth-order valence-electron chi connectivity index (χ4n) is 2.76. The highest BCUT2D eigenvalue weighted by Gasteiger charge is 2.32. The van der Waals surface area contributed by atoms with Crippen molar-refractivity contribution in [3.8, 4) is 0 Å². The van der Waals surface area contributed by atoms with Crippen LogP contribution >= 0.6 is 22.9 Å². The summed E-state index contributed by atoms with van der Waals surface area (Å²) in [6.45, 7) is 3.81. The van der Waals surface area contributed by atoms with E-state index in [0.717, 1.165) is 19.5 Å². The average Bonchev–Trinajstić information content (AvgIpc) is 2.91. The number of nitrogens with zero attached hydrogens (tertiary/aromatic N) is 3. The Labute approximate surface area is 132 Å². The quantitative estimate of drug-likeness (QED) is 0.916. The molecule has 21 heavy (non-hydrogen) atoms. The molecule has 1 aliphatic heterocycles. The summed E-state index contributed by atoms with van der Waals surface area (Å²) in [5, 5.41) is 1.84. The van der Waals surface area contributed by atoms with E-state index in [4.69, 9.17) is 11.6 Å². The van der Waals surface area contributed by atoms with Gasteiger partial charge >= 0.3 is 0 Å². The second kappa shape index (κ2) is 5.51. The third-order valence-corrected chi connectivity index (χ3v) is 6.49. The van der Waals surface area contributed by atoms with Crippen LogP contribution in [0.1, 0.15) is 13.3 Å². The van der Waals surface area contributed by atoms with Crippen molar-refractivity contribution in [2.45, 2.75) is 24.4 Å². The highest BCUT2D eigenvalue weighted by molar-refractivity contribution is 7.89. The highest BCUT2D eigenvalue weighted by atomic mass is 35.5. The first-order valence-electron chi connectivity index (χ1n) is 6.70. The van der Waals surface area contributed by atoms with Gasteiger partial charge in [0, 0.05) is 24.2 Å². The fourth-order valence-corrected chi connectivity index (χ4v) is 5.60. The maximum Gasteiger partial charge on any atom is 0.260 e. The molecular formula is C12H17ClN4O2S2. The van der Waals surface area contributed by atoms with E-state index in [1.165, 1.54) is 15.7 Å². The summed E-state index contributed by atoms with van der Waals surface area (Å²) in [7, 11) is -1.64. The molecule has 1 saturated heterocycles. The number of imidazole rings is 1. The van der Waals surface area contributed by atoms with E-state index in [0.29, 0.717) is 4.96 Å². The van der Waals surface area contributed by atoms with Crippen molar-refractivity contribution in [1.82, 2.24) is 19.0 Å². The Morgan fingerprint density at radius 1 is 1.52 bits per heavy atom. The maximum absolute atomic E-state index is 12.7. The number of piperidine rings is 1. The van der Waals surface area contributed by atoms with Crippen LogP contribution in [-0.4, -0.2) is 48.9 Å². The zero-order valence-electron chi connectivity index (χ0n) is 11.8.